The summed E-state index contributed by atoms with van der Waals surface area (Å²) in [5, 5.41) is 4.87. The van der Waals surface area contributed by atoms with E-state index < -0.39 is 17.4 Å². The van der Waals surface area contributed by atoms with E-state index in [1.807, 2.05) is 0 Å². The molecule has 0 saturated carbocycles. The van der Waals surface area contributed by atoms with Crippen molar-refractivity contribution in [1.82, 2.24) is 15.5 Å². The summed E-state index contributed by atoms with van der Waals surface area (Å²) in [6, 6.07) is 3.89. The third kappa shape index (κ3) is 2.68. The minimum atomic E-state index is -0.923. The van der Waals surface area contributed by atoms with Gasteiger partial charge in [0.05, 0.1) is 5.69 Å². The molecule has 3 rings (SSSR count). The largest absolute Gasteiger partial charge is 0.375 e. The van der Waals surface area contributed by atoms with E-state index >= 15 is 0 Å². The number of anilines is 1. The van der Waals surface area contributed by atoms with E-state index in [0.717, 1.165) is 0 Å². The van der Waals surface area contributed by atoms with Gasteiger partial charge in [-0.3, -0.25) is 14.9 Å². The molecule has 0 atom stereocenters. The monoisotopic (exact) mass is 334 g/mol. The Hall–Kier alpha value is -2.64. The first-order valence-corrected chi connectivity index (χ1v) is 7.72. The van der Waals surface area contributed by atoms with Gasteiger partial charge in [0.1, 0.15) is 11.4 Å². The molecule has 0 aliphatic carbocycles. The lowest BCUT2D eigenvalue weighted by molar-refractivity contribution is -0.125. The van der Waals surface area contributed by atoms with E-state index in [2.05, 4.69) is 10.6 Å². The molecular formula is C16H19FN4O3. The van der Waals surface area contributed by atoms with Gasteiger partial charge in [0, 0.05) is 32.7 Å². The van der Waals surface area contributed by atoms with Crippen LogP contribution in [0.3, 0.4) is 0 Å². The number of rotatable bonds is 2. The van der Waals surface area contributed by atoms with Crippen molar-refractivity contribution < 1.29 is 18.8 Å². The van der Waals surface area contributed by atoms with Crippen molar-refractivity contribution in [1.29, 1.82) is 0 Å². The SMILES string of the molecule is CN(C)c1ccc(C(=O)N2CCC3(CC2)NC(=O)NC3=O)cc1F. The minimum Gasteiger partial charge on any atom is -0.375 e. The Morgan fingerprint density at radius 1 is 1.25 bits per heavy atom. The van der Waals surface area contributed by atoms with Crippen molar-refractivity contribution in [3.05, 3.63) is 29.6 Å². The van der Waals surface area contributed by atoms with Crippen molar-refractivity contribution in [2.75, 3.05) is 32.1 Å². The maximum atomic E-state index is 14.1. The van der Waals surface area contributed by atoms with Gasteiger partial charge in [0.2, 0.25) is 0 Å². The van der Waals surface area contributed by atoms with Crippen LogP contribution in [0.5, 0.6) is 0 Å². The van der Waals surface area contributed by atoms with Crippen molar-refractivity contribution in [2.45, 2.75) is 18.4 Å². The summed E-state index contributed by atoms with van der Waals surface area (Å²) in [5.41, 5.74) is -0.239. The number of nitrogens with zero attached hydrogens (tertiary/aromatic N) is 2. The Kier molecular flexibility index (Phi) is 3.90. The van der Waals surface area contributed by atoms with E-state index in [9.17, 15) is 18.8 Å². The van der Waals surface area contributed by atoms with Gasteiger partial charge in [0.25, 0.3) is 11.8 Å². The number of nitrogens with one attached hydrogen (secondary N) is 2. The molecule has 0 bridgehead atoms. The Bertz CT molecular complexity index is 711. The van der Waals surface area contributed by atoms with Crippen LogP contribution in [-0.2, 0) is 4.79 Å². The number of carbonyl (C=O) groups is 3. The van der Waals surface area contributed by atoms with E-state index in [0.29, 0.717) is 31.6 Å². The first-order chi connectivity index (χ1) is 11.3. The summed E-state index contributed by atoms with van der Waals surface area (Å²) in [7, 11) is 3.45. The van der Waals surface area contributed by atoms with Crippen LogP contribution in [-0.4, -0.2) is 55.5 Å². The number of carbonyl (C=O) groups excluding carboxylic acids is 3. The average molecular weight is 334 g/mol. The summed E-state index contributed by atoms with van der Waals surface area (Å²) in [6.07, 6.45) is 0.684. The van der Waals surface area contributed by atoms with Crippen LogP contribution >= 0.6 is 0 Å². The predicted octanol–water partition coefficient (Wildman–Crippen LogP) is 0.706. The highest BCUT2D eigenvalue weighted by Gasteiger charge is 2.48. The van der Waals surface area contributed by atoms with E-state index in [1.165, 1.54) is 6.07 Å². The number of halogens is 1. The Labute approximate surface area is 138 Å². The van der Waals surface area contributed by atoms with Crippen LogP contribution in [0.1, 0.15) is 23.2 Å². The molecule has 128 valence electrons. The Morgan fingerprint density at radius 2 is 1.92 bits per heavy atom. The predicted molar refractivity (Wildman–Crippen MR) is 85.3 cm³/mol. The molecule has 1 aromatic rings. The number of benzene rings is 1. The highest BCUT2D eigenvalue weighted by atomic mass is 19.1. The second-order valence-corrected chi connectivity index (χ2v) is 6.34. The fourth-order valence-corrected chi connectivity index (χ4v) is 3.16. The summed E-state index contributed by atoms with van der Waals surface area (Å²) in [5.74, 6) is -1.08. The minimum absolute atomic E-state index is 0.272. The number of hydrogen-bond acceptors (Lipinski definition) is 4. The van der Waals surface area contributed by atoms with Crippen molar-refractivity contribution in [3.8, 4) is 0 Å². The van der Waals surface area contributed by atoms with E-state index in [-0.39, 0.29) is 17.4 Å². The number of amides is 4. The number of imide groups is 1. The van der Waals surface area contributed by atoms with Crippen molar-refractivity contribution in [2.24, 2.45) is 0 Å². The van der Waals surface area contributed by atoms with Gasteiger partial charge in [-0.2, -0.15) is 0 Å². The highest BCUT2D eigenvalue weighted by Crippen LogP contribution is 2.27. The standard InChI is InChI=1S/C16H19FN4O3/c1-20(2)12-4-3-10(9-11(12)17)13(22)21-7-5-16(6-8-21)14(23)18-15(24)19-16/h3-4,9H,5-8H2,1-2H3,(H2,18,19,23,24). The maximum absolute atomic E-state index is 14.1. The van der Waals surface area contributed by atoms with Crippen LogP contribution in [0, 0.1) is 5.82 Å². The molecule has 2 saturated heterocycles. The molecule has 1 aromatic carbocycles. The van der Waals surface area contributed by atoms with Gasteiger partial charge < -0.3 is 15.1 Å². The van der Waals surface area contributed by atoms with Crippen LogP contribution in [0.4, 0.5) is 14.9 Å². The second-order valence-electron chi connectivity index (χ2n) is 6.34. The fraction of sp³-hybridized carbons (Fsp3) is 0.438. The topological polar surface area (TPSA) is 81.8 Å². The first kappa shape index (κ1) is 16.2. The lowest BCUT2D eigenvalue weighted by atomic mass is 9.87. The van der Waals surface area contributed by atoms with Gasteiger partial charge in [-0.25, -0.2) is 9.18 Å². The van der Waals surface area contributed by atoms with E-state index in [1.54, 1.807) is 36.0 Å². The lowest BCUT2D eigenvalue weighted by Gasteiger charge is -2.37. The molecule has 7 nitrogen and oxygen atoms in total. The highest BCUT2D eigenvalue weighted by molar-refractivity contribution is 6.07. The smallest absolute Gasteiger partial charge is 0.322 e. The Morgan fingerprint density at radius 3 is 2.42 bits per heavy atom. The van der Waals surface area contributed by atoms with Crippen LogP contribution in [0.25, 0.3) is 0 Å². The zero-order chi connectivity index (χ0) is 17.5. The zero-order valence-electron chi connectivity index (χ0n) is 13.6. The number of urea groups is 1. The molecule has 2 N–H and O–H groups in total. The molecule has 4 amide bonds. The van der Waals surface area contributed by atoms with Gasteiger partial charge in [-0.05, 0) is 31.0 Å². The molecule has 2 heterocycles. The molecule has 2 fully saturated rings. The van der Waals surface area contributed by atoms with E-state index in [4.69, 9.17) is 0 Å². The molecule has 24 heavy (non-hydrogen) atoms. The number of hydrogen-bond donors (Lipinski definition) is 2. The zero-order valence-corrected chi connectivity index (χ0v) is 13.6. The van der Waals surface area contributed by atoms with Crippen LogP contribution < -0.4 is 15.5 Å². The molecule has 2 aliphatic rings. The number of piperidine rings is 1. The quantitative estimate of drug-likeness (QED) is 0.781. The first-order valence-electron chi connectivity index (χ1n) is 7.72. The summed E-state index contributed by atoms with van der Waals surface area (Å²) in [4.78, 5) is 39.0. The fourth-order valence-electron chi connectivity index (χ4n) is 3.16. The number of likely N-dealkylation sites (tertiary alicyclic amines) is 1. The normalized spacial score (nSPS) is 19.2. The molecule has 1 spiro atoms. The third-order valence-electron chi connectivity index (χ3n) is 4.60. The molecular weight excluding hydrogens is 315 g/mol. The summed E-state index contributed by atoms with van der Waals surface area (Å²) in [6.45, 7) is 0.646. The van der Waals surface area contributed by atoms with Gasteiger partial charge in [-0.1, -0.05) is 0 Å². The van der Waals surface area contributed by atoms with Gasteiger partial charge in [0.15, 0.2) is 0 Å². The molecule has 8 heteroatoms. The van der Waals surface area contributed by atoms with Crippen LogP contribution in [0.2, 0.25) is 0 Å². The maximum Gasteiger partial charge on any atom is 0.322 e. The molecule has 0 aromatic heterocycles. The van der Waals surface area contributed by atoms with Crippen LogP contribution in [0.15, 0.2) is 18.2 Å². The molecule has 0 radical (unpaired) electrons. The molecule has 0 unspecified atom stereocenters. The summed E-state index contributed by atoms with van der Waals surface area (Å²) >= 11 is 0. The lowest BCUT2D eigenvalue weighted by Crippen LogP contribution is -2.55. The van der Waals surface area contributed by atoms with Crippen molar-refractivity contribution >= 4 is 23.5 Å². The Balaban J connectivity index is 1.71. The van der Waals surface area contributed by atoms with Crippen molar-refractivity contribution in [3.63, 3.8) is 0 Å². The van der Waals surface area contributed by atoms with Gasteiger partial charge >= 0.3 is 6.03 Å². The second kappa shape index (κ2) is 5.77. The van der Waals surface area contributed by atoms with Gasteiger partial charge in [-0.15, -0.1) is 0 Å². The third-order valence-corrected chi connectivity index (χ3v) is 4.60. The summed E-state index contributed by atoms with van der Waals surface area (Å²) < 4.78 is 14.1. The molecule has 2 aliphatic heterocycles. The average Bonchev–Trinajstić information content (AvgIpc) is 2.80.